The van der Waals surface area contributed by atoms with E-state index in [9.17, 15) is 13.2 Å². The second-order valence-electron chi connectivity index (χ2n) is 8.19. The lowest BCUT2D eigenvalue weighted by Crippen LogP contribution is -2.46. The summed E-state index contributed by atoms with van der Waals surface area (Å²) in [5, 5.41) is 5.18. The van der Waals surface area contributed by atoms with Crippen molar-refractivity contribution in [1.29, 1.82) is 0 Å². The topological polar surface area (TPSA) is 69.7 Å². The molecule has 1 N–H and O–H groups in total. The van der Waals surface area contributed by atoms with E-state index in [1.54, 1.807) is 25.1 Å². The Morgan fingerprint density at radius 2 is 1.61 bits per heavy atom. The van der Waals surface area contributed by atoms with Gasteiger partial charge in [-0.05, 0) is 42.0 Å². The van der Waals surface area contributed by atoms with Crippen molar-refractivity contribution in [1.82, 2.24) is 5.32 Å². The first kappa shape index (κ1) is 20.0. The molecule has 5 rings (SSSR count). The van der Waals surface area contributed by atoms with E-state index in [0.717, 1.165) is 42.6 Å². The zero-order valence-corrected chi connectivity index (χ0v) is 18.2. The van der Waals surface area contributed by atoms with Crippen molar-refractivity contribution < 1.29 is 13.2 Å². The highest BCUT2D eigenvalue weighted by Crippen LogP contribution is 2.40. The fourth-order valence-corrected chi connectivity index (χ4v) is 6.37. The summed E-state index contributed by atoms with van der Waals surface area (Å²) in [5.74, 6) is 0.00148. The van der Waals surface area contributed by atoms with Crippen molar-refractivity contribution in [2.75, 3.05) is 35.4 Å². The maximum absolute atomic E-state index is 13.8. The number of piperazine rings is 1. The number of benzene rings is 3. The fraction of sp³-hybridized carbons (Fsp3) is 0.292. The summed E-state index contributed by atoms with van der Waals surface area (Å²) in [6.45, 7) is 5.06. The molecule has 3 aromatic carbocycles. The van der Waals surface area contributed by atoms with E-state index in [0.29, 0.717) is 11.3 Å². The number of rotatable bonds is 3. The Hall–Kier alpha value is -2.90. The number of sulfonamides is 1. The van der Waals surface area contributed by atoms with Crippen molar-refractivity contribution in [3.05, 3.63) is 66.2 Å². The minimum atomic E-state index is -3.84. The van der Waals surface area contributed by atoms with Gasteiger partial charge in [0.05, 0.1) is 16.1 Å². The van der Waals surface area contributed by atoms with Crippen molar-refractivity contribution in [3.8, 4) is 0 Å². The van der Waals surface area contributed by atoms with E-state index in [1.807, 2.05) is 42.5 Å². The maximum atomic E-state index is 13.8. The van der Waals surface area contributed by atoms with Crippen LogP contribution in [-0.2, 0) is 10.0 Å². The fourth-order valence-electron chi connectivity index (χ4n) is 4.67. The first-order valence-electron chi connectivity index (χ1n) is 10.6. The molecule has 3 aromatic rings. The van der Waals surface area contributed by atoms with E-state index in [4.69, 9.17) is 0 Å². The van der Waals surface area contributed by atoms with Gasteiger partial charge in [-0.15, -0.1) is 0 Å². The van der Waals surface area contributed by atoms with E-state index >= 15 is 0 Å². The molecule has 0 saturated carbocycles. The normalized spacial score (nSPS) is 19.5. The highest BCUT2D eigenvalue weighted by Gasteiger charge is 2.39. The summed E-state index contributed by atoms with van der Waals surface area (Å²) in [7, 11) is -3.84. The first-order valence-corrected chi connectivity index (χ1v) is 12.1. The minimum Gasteiger partial charge on any atom is -0.368 e. The molecule has 1 atom stereocenters. The number of hydrogen-bond donors (Lipinski definition) is 1. The molecule has 1 saturated heterocycles. The van der Waals surface area contributed by atoms with E-state index in [-0.39, 0.29) is 17.1 Å². The van der Waals surface area contributed by atoms with Crippen LogP contribution in [0.25, 0.3) is 10.8 Å². The van der Waals surface area contributed by atoms with Crippen LogP contribution in [0.4, 0.5) is 11.4 Å². The first-order chi connectivity index (χ1) is 15.0. The van der Waals surface area contributed by atoms with Crippen LogP contribution in [-0.4, -0.2) is 46.4 Å². The number of nitrogens with one attached hydrogen (secondary N) is 1. The number of ketones is 1. The van der Waals surface area contributed by atoms with Crippen LogP contribution in [0.15, 0.2) is 65.6 Å². The van der Waals surface area contributed by atoms with Gasteiger partial charge in [0.15, 0.2) is 5.78 Å². The molecule has 0 aliphatic carbocycles. The third-order valence-corrected chi connectivity index (χ3v) is 8.08. The third-order valence-electron chi connectivity index (χ3n) is 6.15. The number of Topliss-reactive ketones (excluding diaryl/α,β-unsaturated/α-hetero) is 1. The Labute approximate surface area is 182 Å². The van der Waals surface area contributed by atoms with Gasteiger partial charge in [0.25, 0.3) is 10.0 Å². The van der Waals surface area contributed by atoms with E-state index in [1.165, 1.54) is 4.31 Å². The lowest BCUT2D eigenvalue weighted by atomic mass is 9.95. The van der Waals surface area contributed by atoms with Gasteiger partial charge in [0.1, 0.15) is 0 Å². The molecule has 1 fully saturated rings. The highest BCUT2D eigenvalue weighted by atomic mass is 32.2. The smallest absolute Gasteiger partial charge is 0.264 e. The summed E-state index contributed by atoms with van der Waals surface area (Å²) in [4.78, 5) is 15.5. The number of anilines is 2. The summed E-state index contributed by atoms with van der Waals surface area (Å²) in [6.07, 6.45) is 0.170. The van der Waals surface area contributed by atoms with Crippen LogP contribution in [0.5, 0.6) is 0 Å². The molecular weight excluding hydrogens is 410 g/mol. The van der Waals surface area contributed by atoms with Crippen LogP contribution in [0, 0.1) is 0 Å². The van der Waals surface area contributed by atoms with Crippen LogP contribution in [0.1, 0.15) is 23.7 Å². The molecule has 0 radical (unpaired) electrons. The van der Waals surface area contributed by atoms with E-state index in [2.05, 4.69) is 10.2 Å². The highest BCUT2D eigenvalue weighted by molar-refractivity contribution is 7.92. The van der Waals surface area contributed by atoms with Gasteiger partial charge in [-0.1, -0.05) is 36.4 Å². The lowest BCUT2D eigenvalue weighted by Gasteiger charge is -2.38. The van der Waals surface area contributed by atoms with Crippen molar-refractivity contribution in [2.24, 2.45) is 0 Å². The van der Waals surface area contributed by atoms with Crippen LogP contribution >= 0.6 is 0 Å². The summed E-state index contributed by atoms with van der Waals surface area (Å²) in [5.41, 5.74) is 1.83. The zero-order chi connectivity index (χ0) is 21.6. The molecule has 0 bridgehead atoms. The molecule has 2 heterocycles. The molecule has 2 aliphatic rings. The molecule has 160 valence electrons. The molecule has 0 amide bonds. The number of fused-ring (bicyclic) bond motifs is 2. The number of hydrogen-bond acceptors (Lipinski definition) is 5. The molecule has 7 heteroatoms. The lowest BCUT2D eigenvalue weighted by molar-refractivity contribution is 0.0972. The molecule has 0 aromatic heterocycles. The predicted molar refractivity (Wildman–Crippen MR) is 124 cm³/mol. The van der Waals surface area contributed by atoms with Crippen LogP contribution in [0.2, 0.25) is 0 Å². The predicted octanol–water partition coefficient (Wildman–Crippen LogP) is 3.42. The Morgan fingerprint density at radius 3 is 2.39 bits per heavy atom. The second-order valence-corrected chi connectivity index (χ2v) is 10.0. The van der Waals surface area contributed by atoms with Gasteiger partial charge in [-0.2, -0.15) is 0 Å². The average Bonchev–Trinajstić information content (AvgIpc) is 2.78. The Morgan fingerprint density at radius 1 is 0.903 bits per heavy atom. The molecular formula is C24H25N3O3S. The van der Waals surface area contributed by atoms with Crippen molar-refractivity contribution in [2.45, 2.75) is 24.3 Å². The summed E-state index contributed by atoms with van der Waals surface area (Å²) >= 11 is 0. The summed E-state index contributed by atoms with van der Waals surface area (Å²) < 4.78 is 29.0. The monoisotopic (exact) mass is 435 g/mol. The molecule has 6 nitrogen and oxygen atoms in total. The average molecular weight is 436 g/mol. The molecule has 2 aliphatic heterocycles. The maximum Gasteiger partial charge on any atom is 0.264 e. The largest absolute Gasteiger partial charge is 0.368 e. The minimum absolute atomic E-state index is 0.00148. The van der Waals surface area contributed by atoms with Gasteiger partial charge < -0.3 is 10.2 Å². The van der Waals surface area contributed by atoms with Crippen LogP contribution in [0.3, 0.4) is 0 Å². The SMILES string of the molecule is C[C@H]1CC(=O)c2c(N3CCNCC3)cccc2N1S(=O)(=O)c1ccc2ccccc2c1. The van der Waals surface area contributed by atoms with Gasteiger partial charge in [-0.3, -0.25) is 9.10 Å². The van der Waals surface area contributed by atoms with Crippen LogP contribution < -0.4 is 14.5 Å². The quantitative estimate of drug-likeness (QED) is 0.683. The van der Waals surface area contributed by atoms with Gasteiger partial charge in [-0.25, -0.2) is 8.42 Å². The number of nitrogens with zero attached hydrogens (tertiary/aromatic N) is 2. The van der Waals surface area contributed by atoms with Crippen molar-refractivity contribution in [3.63, 3.8) is 0 Å². The van der Waals surface area contributed by atoms with Gasteiger partial charge in [0, 0.05) is 44.3 Å². The molecule has 0 unspecified atom stereocenters. The van der Waals surface area contributed by atoms with E-state index < -0.39 is 16.1 Å². The van der Waals surface area contributed by atoms with Crippen molar-refractivity contribution >= 4 is 38.0 Å². The van der Waals surface area contributed by atoms with Gasteiger partial charge >= 0.3 is 0 Å². The zero-order valence-electron chi connectivity index (χ0n) is 17.4. The standard InChI is InChI=1S/C24H25N3O3S/c1-17-15-23(28)24-21(26-13-11-25-12-14-26)7-4-8-22(24)27(17)31(29,30)20-10-9-18-5-2-3-6-19(18)16-20/h2-10,16-17,25H,11-15H2,1H3/t17-/m0/s1. The second kappa shape index (κ2) is 7.66. The number of carbonyl (C=O) groups excluding carboxylic acids is 1. The molecule has 31 heavy (non-hydrogen) atoms. The third kappa shape index (κ3) is 3.38. The van der Waals surface area contributed by atoms with Gasteiger partial charge in [0.2, 0.25) is 0 Å². The number of carbonyl (C=O) groups is 1. The summed E-state index contributed by atoms with van der Waals surface area (Å²) in [6, 6.07) is 18.0. The Balaban J connectivity index is 1.64. The Bertz CT molecular complexity index is 1270. The molecule has 0 spiro atoms. The Kier molecular flexibility index (Phi) is 4.95.